The van der Waals surface area contributed by atoms with Gasteiger partial charge in [0.05, 0.1) is 10.1 Å². The third kappa shape index (κ3) is 1.35. The highest BCUT2D eigenvalue weighted by Crippen LogP contribution is 2.43. The predicted octanol–water partition coefficient (Wildman–Crippen LogP) is 2.46. The highest BCUT2D eigenvalue weighted by Gasteiger charge is 2.30. The maximum Gasteiger partial charge on any atom is 0.116 e. The topological polar surface area (TPSA) is 40.5 Å². The highest BCUT2D eigenvalue weighted by molar-refractivity contribution is 6.40. The summed E-state index contributed by atoms with van der Waals surface area (Å²) in [4.78, 5) is 0. The van der Waals surface area contributed by atoms with Gasteiger partial charge in [-0.2, -0.15) is 0 Å². The largest absolute Gasteiger partial charge is 0.383 e. The molecule has 0 saturated heterocycles. The second kappa shape index (κ2) is 3.55. The molecule has 0 bridgehead atoms. The van der Waals surface area contributed by atoms with Gasteiger partial charge in [-0.15, -0.1) is 0 Å². The average Bonchev–Trinajstić information content (AvgIpc) is 2.23. The fraction of sp³-hybridized carbons (Fsp3) is 0.200. The van der Waals surface area contributed by atoms with Crippen LogP contribution >= 0.6 is 23.2 Å². The standard InChI is InChI=1S/C10H8Cl2O2/c11-7-8(12)10(14)6-4-2-1-3-5(6)9(7)13/h1-4,9-10,13-14H. The van der Waals surface area contributed by atoms with E-state index in [0.717, 1.165) is 0 Å². The summed E-state index contributed by atoms with van der Waals surface area (Å²) in [5.74, 6) is 0. The van der Waals surface area contributed by atoms with Gasteiger partial charge in [-0.3, -0.25) is 0 Å². The Morgan fingerprint density at radius 2 is 1.21 bits per heavy atom. The number of benzene rings is 1. The van der Waals surface area contributed by atoms with Gasteiger partial charge in [0, 0.05) is 0 Å². The van der Waals surface area contributed by atoms with E-state index in [1.165, 1.54) is 0 Å². The molecule has 74 valence electrons. The SMILES string of the molecule is OC1C(Cl)=C(Cl)C(O)c2ccccc21. The maximum absolute atomic E-state index is 9.73. The van der Waals surface area contributed by atoms with E-state index in [-0.39, 0.29) is 10.1 Å². The quantitative estimate of drug-likeness (QED) is 0.719. The molecule has 0 radical (unpaired) electrons. The van der Waals surface area contributed by atoms with Gasteiger partial charge in [0.25, 0.3) is 0 Å². The second-order valence-corrected chi connectivity index (χ2v) is 3.94. The van der Waals surface area contributed by atoms with Gasteiger partial charge in [-0.05, 0) is 11.1 Å². The molecule has 1 aliphatic rings. The molecular formula is C10H8Cl2O2. The van der Waals surface area contributed by atoms with Crippen LogP contribution in [0.1, 0.15) is 23.3 Å². The Bertz CT molecular complexity index is 364. The molecule has 2 atom stereocenters. The number of halogens is 2. The van der Waals surface area contributed by atoms with Crippen LogP contribution in [0.4, 0.5) is 0 Å². The number of rotatable bonds is 0. The van der Waals surface area contributed by atoms with Crippen molar-refractivity contribution in [2.24, 2.45) is 0 Å². The molecular weight excluding hydrogens is 223 g/mol. The third-order valence-corrected chi connectivity index (χ3v) is 3.21. The molecule has 2 N–H and O–H groups in total. The Labute approximate surface area is 91.4 Å². The Balaban J connectivity index is 2.61. The van der Waals surface area contributed by atoms with Crippen LogP contribution in [0, 0.1) is 0 Å². The van der Waals surface area contributed by atoms with Crippen molar-refractivity contribution in [3.63, 3.8) is 0 Å². The minimum absolute atomic E-state index is 0.0952. The molecule has 2 rings (SSSR count). The lowest BCUT2D eigenvalue weighted by Gasteiger charge is -2.25. The smallest absolute Gasteiger partial charge is 0.116 e. The van der Waals surface area contributed by atoms with Crippen LogP contribution < -0.4 is 0 Å². The van der Waals surface area contributed by atoms with Gasteiger partial charge in [0.2, 0.25) is 0 Å². The molecule has 4 heteroatoms. The number of hydrogen-bond acceptors (Lipinski definition) is 2. The first-order valence-corrected chi connectivity index (χ1v) is 4.88. The third-order valence-electron chi connectivity index (χ3n) is 2.29. The molecule has 1 aromatic carbocycles. The fourth-order valence-corrected chi connectivity index (χ4v) is 1.98. The van der Waals surface area contributed by atoms with Crippen LogP contribution in [0.15, 0.2) is 34.3 Å². The summed E-state index contributed by atoms with van der Waals surface area (Å²) >= 11 is 11.6. The summed E-state index contributed by atoms with van der Waals surface area (Å²) in [5, 5.41) is 19.7. The Kier molecular flexibility index (Phi) is 2.54. The van der Waals surface area contributed by atoms with Crippen LogP contribution in [-0.2, 0) is 0 Å². The van der Waals surface area contributed by atoms with Crippen LogP contribution in [0.3, 0.4) is 0 Å². The monoisotopic (exact) mass is 230 g/mol. The molecule has 0 fully saturated rings. The van der Waals surface area contributed by atoms with E-state index in [9.17, 15) is 10.2 Å². The molecule has 1 aliphatic carbocycles. The molecule has 0 saturated carbocycles. The first-order chi connectivity index (χ1) is 6.63. The molecule has 2 nitrogen and oxygen atoms in total. The van der Waals surface area contributed by atoms with Crippen molar-refractivity contribution < 1.29 is 10.2 Å². The molecule has 1 aromatic rings. The zero-order valence-corrected chi connectivity index (χ0v) is 8.63. The lowest BCUT2D eigenvalue weighted by Crippen LogP contribution is -2.14. The first-order valence-electron chi connectivity index (χ1n) is 4.13. The predicted molar refractivity (Wildman–Crippen MR) is 55.1 cm³/mol. The van der Waals surface area contributed by atoms with Gasteiger partial charge in [-0.1, -0.05) is 47.5 Å². The van der Waals surface area contributed by atoms with Crippen LogP contribution in [0.5, 0.6) is 0 Å². The number of aliphatic hydroxyl groups is 2. The van der Waals surface area contributed by atoms with Crippen molar-refractivity contribution in [2.75, 3.05) is 0 Å². The van der Waals surface area contributed by atoms with E-state index in [2.05, 4.69) is 0 Å². The van der Waals surface area contributed by atoms with Crippen molar-refractivity contribution >= 4 is 23.2 Å². The summed E-state index contributed by atoms with van der Waals surface area (Å²) in [6.07, 6.45) is -1.85. The summed E-state index contributed by atoms with van der Waals surface area (Å²) in [5.41, 5.74) is 1.21. The molecule has 0 amide bonds. The zero-order chi connectivity index (χ0) is 10.3. The summed E-state index contributed by atoms with van der Waals surface area (Å²) < 4.78 is 0. The zero-order valence-electron chi connectivity index (χ0n) is 7.11. The van der Waals surface area contributed by atoms with Gasteiger partial charge in [0.1, 0.15) is 12.2 Å². The number of hydrogen-bond donors (Lipinski definition) is 2. The summed E-state index contributed by atoms with van der Waals surface area (Å²) in [7, 11) is 0. The number of aliphatic hydroxyl groups excluding tert-OH is 2. The van der Waals surface area contributed by atoms with E-state index >= 15 is 0 Å². The minimum atomic E-state index is -0.927. The minimum Gasteiger partial charge on any atom is -0.383 e. The van der Waals surface area contributed by atoms with Crippen LogP contribution in [0.25, 0.3) is 0 Å². The molecule has 0 aliphatic heterocycles. The molecule has 0 spiro atoms. The van der Waals surface area contributed by atoms with Crippen molar-refractivity contribution in [1.82, 2.24) is 0 Å². The van der Waals surface area contributed by atoms with Crippen molar-refractivity contribution in [2.45, 2.75) is 12.2 Å². The van der Waals surface area contributed by atoms with E-state index in [1.807, 2.05) is 0 Å². The Morgan fingerprint density at radius 3 is 1.57 bits per heavy atom. The van der Waals surface area contributed by atoms with E-state index in [1.54, 1.807) is 24.3 Å². The summed E-state index contributed by atoms with van der Waals surface area (Å²) in [6, 6.07) is 6.99. The van der Waals surface area contributed by atoms with Crippen molar-refractivity contribution in [3.05, 3.63) is 45.5 Å². The van der Waals surface area contributed by atoms with Gasteiger partial charge in [0.15, 0.2) is 0 Å². The Hall–Kier alpha value is -0.540. The molecule has 2 unspecified atom stereocenters. The molecule has 0 aromatic heterocycles. The van der Waals surface area contributed by atoms with E-state index in [4.69, 9.17) is 23.2 Å². The van der Waals surface area contributed by atoms with Crippen molar-refractivity contribution in [3.8, 4) is 0 Å². The molecule has 0 heterocycles. The lowest BCUT2D eigenvalue weighted by molar-refractivity contribution is 0.181. The van der Waals surface area contributed by atoms with Crippen molar-refractivity contribution in [1.29, 1.82) is 0 Å². The molecule has 14 heavy (non-hydrogen) atoms. The highest BCUT2D eigenvalue weighted by atomic mass is 35.5. The fourth-order valence-electron chi connectivity index (χ4n) is 1.54. The van der Waals surface area contributed by atoms with Gasteiger partial charge >= 0.3 is 0 Å². The summed E-state index contributed by atoms with van der Waals surface area (Å²) in [6.45, 7) is 0. The van der Waals surface area contributed by atoms with E-state index < -0.39 is 12.2 Å². The van der Waals surface area contributed by atoms with Gasteiger partial charge in [-0.25, -0.2) is 0 Å². The van der Waals surface area contributed by atoms with Crippen LogP contribution in [0.2, 0.25) is 0 Å². The maximum atomic E-state index is 9.73. The lowest BCUT2D eigenvalue weighted by atomic mass is 9.92. The van der Waals surface area contributed by atoms with Crippen LogP contribution in [-0.4, -0.2) is 10.2 Å². The van der Waals surface area contributed by atoms with E-state index in [0.29, 0.717) is 11.1 Å². The Morgan fingerprint density at radius 1 is 0.857 bits per heavy atom. The number of fused-ring (bicyclic) bond motifs is 1. The van der Waals surface area contributed by atoms with Gasteiger partial charge < -0.3 is 10.2 Å². The first kappa shape index (κ1) is 9.99. The average molecular weight is 231 g/mol. The normalized spacial score (nSPS) is 26.3. The second-order valence-electron chi connectivity index (χ2n) is 3.13.